The average Bonchev–Trinajstić information content (AvgIpc) is 3.32. The third-order valence-corrected chi connectivity index (χ3v) is 6.26. The van der Waals surface area contributed by atoms with Gasteiger partial charge in [0.1, 0.15) is 5.69 Å². The van der Waals surface area contributed by atoms with Crippen molar-refractivity contribution in [1.29, 1.82) is 0 Å². The second-order valence-electron chi connectivity index (χ2n) is 7.88. The first-order valence-corrected chi connectivity index (χ1v) is 10.4. The summed E-state index contributed by atoms with van der Waals surface area (Å²) in [5.41, 5.74) is 0.735. The molecule has 2 aliphatic rings. The van der Waals surface area contributed by atoms with Crippen molar-refractivity contribution in [3.8, 4) is 0 Å². The van der Waals surface area contributed by atoms with Crippen LogP contribution in [0.4, 0.5) is 13.2 Å². The number of nitrogens with zero attached hydrogens (tertiary/aromatic N) is 5. The number of piperidine rings is 1. The molecule has 0 aromatic carbocycles. The van der Waals surface area contributed by atoms with Crippen molar-refractivity contribution in [3.63, 3.8) is 0 Å². The molecule has 2 aromatic rings. The molecule has 4 rings (SSSR count). The van der Waals surface area contributed by atoms with Gasteiger partial charge in [0.25, 0.3) is 0 Å². The van der Waals surface area contributed by atoms with Crippen LogP contribution in [0.2, 0.25) is 0 Å². The number of hydrogen-bond acceptors (Lipinski definition) is 4. The average molecular weight is 395 g/mol. The van der Waals surface area contributed by atoms with Gasteiger partial charge < -0.3 is 4.90 Å². The van der Waals surface area contributed by atoms with E-state index in [9.17, 15) is 13.2 Å². The third kappa shape index (κ3) is 3.64. The highest BCUT2D eigenvalue weighted by atomic mass is 19.4. The van der Waals surface area contributed by atoms with Gasteiger partial charge in [-0.15, -0.1) is 0 Å². The molecule has 154 valence electrons. The monoisotopic (exact) mass is 395 g/mol. The molecule has 0 bridgehead atoms. The Labute approximate surface area is 163 Å². The lowest BCUT2D eigenvalue weighted by atomic mass is 10.0. The first-order valence-electron chi connectivity index (χ1n) is 10.4. The van der Waals surface area contributed by atoms with Crippen molar-refractivity contribution < 1.29 is 13.2 Å². The lowest BCUT2D eigenvalue weighted by Gasteiger charge is -2.38. The molecule has 1 atom stereocenters. The van der Waals surface area contributed by atoms with Crippen LogP contribution in [0.3, 0.4) is 0 Å². The lowest BCUT2D eigenvalue weighted by molar-refractivity contribution is -0.142. The Morgan fingerprint density at radius 2 is 1.82 bits per heavy atom. The first-order chi connectivity index (χ1) is 13.4. The topological polar surface area (TPSA) is 36.7 Å². The van der Waals surface area contributed by atoms with Crippen LogP contribution in [-0.2, 0) is 12.6 Å². The van der Waals surface area contributed by atoms with Crippen LogP contribution < -0.4 is 0 Å². The van der Waals surface area contributed by atoms with E-state index >= 15 is 0 Å². The van der Waals surface area contributed by atoms with Crippen LogP contribution in [0.25, 0.3) is 5.65 Å². The van der Waals surface area contributed by atoms with Gasteiger partial charge >= 0.3 is 6.18 Å². The highest BCUT2D eigenvalue weighted by Gasteiger charge is 2.38. The quantitative estimate of drug-likeness (QED) is 0.786. The Hall–Kier alpha value is -1.67. The normalized spacial score (nSPS) is 23.1. The Balaban J connectivity index is 1.65. The SMILES string of the molecule is CCc1cc(C(F)(F)F)n2nc(C3CCCN3C3CCN(CC)CC3)cc2n1. The van der Waals surface area contributed by atoms with Crippen molar-refractivity contribution in [2.75, 3.05) is 26.2 Å². The zero-order valence-electron chi connectivity index (χ0n) is 16.5. The first kappa shape index (κ1) is 19.6. The molecule has 2 aromatic heterocycles. The smallest absolute Gasteiger partial charge is 0.303 e. The van der Waals surface area contributed by atoms with E-state index in [4.69, 9.17) is 0 Å². The molecule has 2 saturated heterocycles. The number of rotatable bonds is 4. The summed E-state index contributed by atoms with van der Waals surface area (Å²) < 4.78 is 41.7. The van der Waals surface area contributed by atoms with Gasteiger partial charge in [-0.25, -0.2) is 9.50 Å². The molecular weight excluding hydrogens is 367 g/mol. The number of likely N-dealkylation sites (tertiary alicyclic amines) is 2. The second-order valence-corrected chi connectivity index (χ2v) is 7.88. The maximum Gasteiger partial charge on any atom is 0.433 e. The third-order valence-electron chi connectivity index (χ3n) is 6.26. The summed E-state index contributed by atoms with van der Waals surface area (Å²) in [6, 6.07) is 3.46. The Kier molecular flexibility index (Phi) is 5.35. The fourth-order valence-electron chi connectivity index (χ4n) is 4.70. The molecule has 4 heterocycles. The summed E-state index contributed by atoms with van der Waals surface area (Å²) >= 11 is 0. The molecule has 8 heteroatoms. The molecule has 0 amide bonds. The maximum atomic E-state index is 13.6. The molecule has 0 aliphatic carbocycles. The molecule has 0 spiro atoms. The highest BCUT2D eigenvalue weighted by molar-refractivity contribution is 5.43. The standard InChI is InChI=1S/C20H28F3N5/c1-3-14-12-18(20(21,22)23)28-19(24-14)13-16(25-28)17-6-5-9-27(17)15-7-10-26(4-2)11-8-15/h12-13,15,17H,3-11H2,1-2H3. The predicted octanol–water partition coefficient (Wildman–Crippen LogP) is 3.93. The zero-order chi connectivity index (χ0) is 19.9. The van der Waals surface area contributed by atoms with Gasteiger partial charge in [0.15, 0.2) is 5.65 Å². The molecule has 0 N–H and O–H groups in total. The zero-order valence-corrected chi connectivity index (χ0v) is 16.5. The van der Waals surface area contributed by atoms with Gasteiger partial charge in [-0.3, -0.25) is 4.90 Å². The molecule has 2 aliphatic heterocycles. The number of alkyl halides is 3. The van der Waals surface area contributed by atoms with Gasteiger partial charge in [-0.1, -0.05) is 13.8 Å². The van der Waals surface area contributed by atoms with Crippen LogP contribution in [0, 0.1) is 0 Å². The fraction of sp³-hybridized carbons (Fsp3) is 0.700. The molecule has 2 fully saturated rings. The largest absolute Gasteiger partial charge is 0.433 e. The van der Waals surface area contributed by atoms with E-state index in [1.807, 2.05) is 6.92 Å². The van der Waals surface area contributed by atoms with Gasteiger partial charge in [0, 0.05) is 17.8 Å². The van der Waals surface area contributed by atoms with Gasteiger partial charge in [-0.05, 0) is 64.3 Å². The summed E-state index contributed by atoms with van der Waals surface area (Å²) in [4.78, 5) is 9.33. The summed E-state index contributed by atoms with van der Waals surface area (Å²) in [6.45, 7) is 8.26. The van der Waals surface area contributed by atoms with Crippen molar-refractivity contribution in [1.82, 2.24) is 24.4 Å². The van der Waals surface area contributed by atoms with E-state index < -0.39 is 11.9 Å². The number of aryl methyl sites for hydroxylation is 1. The maximum absolute atomic E-state index is 13.6. The molecule has 28 heavy (non-hydrogen) atoms. The Bertz CT molecular complexity index is 823. The number of aromatic nitrogens is 3. The van der Waals surface area contributed by atoms with Crippen LogP contribution in [0.15, 0.2) is 12.1 Å². The lowest BCUT2D eigenvalue weighted by Crippen LogP contribution is -2.44. The predicted molar refractivity (Wildman–Crippen MR) is 101 cm³/mol. The highest BCUT2D eigenvalue weighted by Crippen LogP contribution is 2.37. The van der Waals surface area contributed by atoms with Crippen LogP contribution in [0.5, 0.6) is 0 Å². The van der Waals surface area contributed by atoms with Crippen LogP contribution >= 0.6 is 0 Å². The van der Waals surface area contributed by atoms with Gasteiger partial charge in [-0.2, -0.15) is 18.3 Å². The van der Waals surface area contributed by atoms with E-state index in [2.05, 4.69) is 26.8 Å². The van der Waals surface area contributed by atoms with Crippen molar-refractivity contribution in [2.45, 2.75) is 64.2 Å². The summed E-state index contributed by atoms with van der Waals surface area (Å²) in [6.07, 6.45) is 0.252. The van der Waals surface area contributed by atoms with Gasteiger partial charge in [0.2, 0.25) is 0 Å². The summed E-state index contributed by atoms with van der Waals surface area (Å²) in [5, 5.41) is 4.39. The minimum atomic E-state index is -4.45. The van der Waals surface area contributed by atoms with E-state index in [-0.39, 0.29) is 6.04 Å². The van der Waals surface area contributed by atoms with Gasteiger partial charge in [0.05, 0.1) is 11.7 Å². The molecule has 0 radical (unpaired) electrons. The van der Waals surface area contributed by atoms with E-state index in [0.717, 1.165) is 68.1 Å². The molecular formula is C20H28F3N5. The van der Waals surface area contributed by atoms with Crippen molar-refractivity contribution in [3.05, 3.63) is 29.2 Å². The Morgan fingerprint density at radius 3 is 2.46 bits per heavy atom. The minimum absolute atomic E-state index is 0.0889. The minimum Gasteiger partial charge on any atom is -0.303 e. The summed E-state index contributed by atoms with van der Waals surface area (Å²) in [7, 11) is 0. The Morgan fingerprint density at radius 1 is 1.07 bits per heavy atom. The number of halogens is 3. The van der Waals surface area contributed by atoms with E-state index in [0.29, 0.717) is 23.8 Å². The van der Waals surface area contributed by atoms with E-state index in [1.54, 1.807) is 6.07 Å². The number of hydrogen-bond donors (Lipinski definition) is 0. The van der Waals surface area contributed by atoms with Crippen molar-refractivity contribution in [2.24, 2.45) is 0 Å². The molecule has 0 saturated carbocycles. The van der Waals surface area contributed by atoms with E-state index in [1.165, 1.54) is 0 Å². The van der Waals surface area contributed by atoms with Crippen LogP contribution in [-0.4, -0.2) is 56.6 Å². The number of fused-ring (bicyclic) bond motifs is 1. The fourth-order valence-corrected chi connectivity index (χ4v) is 4.70. The molecule has 5 nitrogen and oxygen atoms in total. The van der Waals surface area contributed by atoms with Crippen LogP contribution in [0.1, 0.15) is 62.7 Å². The van der Waals surface area contributed by atoms with Crippen molar-refractivity contribution >= 4 is 5.65 Å². The second kappa shape index (κ2) is 7.63. The summed E-state index contributed by atoms with van der Waals surface area (Å²) in [5.74, 6) is 0. The molecule has 1 unspecified atom stereocenters.